The number of hydrogen-bond acceptors (Lipinski definition) is 4. The molecule has 0 radical (unpaired) electrons. The fraction of sp³-hybridized carbons (Fsp3) is 0.833. The minimum Gasteiger partial charge on any atom is -0.462 e. The molecule has 0 spiro atoms. The Labute approximate surface area is 60.5 Å². The largest absolute Gasteiger partial charge is 0.462 e. The molecule has 0 fully saturated rings. The molecular weight excluding hydrogens is 132 g/mol. The fourth-order valence-electron chi connectivity index (χ4n) is 0.416. The lowest BCUT2D eigenvalue weighted by molar-refractivity contribution is -0.148. The van der Waals surface area contributed by atoms with Gasteiger partial charge >= 0.3 is 5.97 Å². The van der Waals surface area contributed by atoms with Gasteiger partial charge in [0.15, 0.2) is 0 Å². The molecule has 4 nitrogen and oxygen atoms in total. The minimum absolute atomic E-state index is 0.120. The van der Waals surface area contributed by atoms with E-state index in [0.29, 0.717) is 0 Å². The molecule has 4 N–H and O–H groups in total. The van der Waals surface area contributed by atoms with Gasteiger partial charge in [0.2, 0.25) is 0 Å². The van der Waals surface area contributed by atoms with Crippen LogP contribution in [0.2, 0.25) is 0 Å². The molecule has 0 saturated carbocycles. The van der Waals surface area contributed by atoms with Gasteiger partial charge in [-0.25, -0.2) is 0 Å². The molecule has 0 rings (SSSR count). The van der Waals surface area contributed by atoms with Crippen molar-refractivity contribution in [1.82, 2.24) is 0 Å². The lowest BCUT2D eigenvalue weighted by Crippen LogP contribution is -2.40. The molecule has 0 aromatic carbocycles. The van der Waals surface area contributed by atoms with Gasteiger partial charge in [-0.1, -0.05) is 0 Å². The smallest absolute Gasteiger partial charge is 0.324 e. The van der Waals surface area contributed by atoms with Crippen molar-refractivity contribution in [3.8, 4) is 0 Å². The summed E-state index contributed by atoms with van der Waals surface area (Å²) in [7, 11) is 0. The van der Waals surface area contributed by atoms with E-state index in [-0.39, 0.29) is 12.6 Å². The molecule has 10 heavy (non-hydrogen) atoms. The van der Waals surface area contributed by atoms with E-state index in [0.717, 1.165) is 0 Å². The molecule has 0 aliphatic rings. The summed E-state index contributed by atoms with van der Waals surface area (Å²) < 4.78 is 4.76. The summed E-state index contributed by atoms with van der Waals surface area (Å²) >= 11 is 0. The Morgan fingerprint density at radius 2 is 2.10 bits per heavy atom. The van der Waals surface area contributed by atoms with Gasteiger partial charge in [0.25, 0.3) is 0 Å². The van der Waals surface area contributed by atoms with E-state index in [1.807, 2.05) is 0 Å². The van der Waals surface area contributed by atoms with Crippen molar-refractivity contribution in [3.63, 3.8) is 0 Å². The van der Waals surface area contributed by atoms with Crippen molar-refractivity contribution in [2.75, 3.05) is 6.54 Å². The summed E-state index contributed by atoms with van der Waals surface area (Å²) in [4.78, 5) is 10.8. The zero-order chi connectivity index (χ0) is 8.15. The highest BCUT2D eigenvalue weighted by atomic mass is 16.5. The van der Waals surface area contributed by atoms with E-state index < -0.39 is 12.0 Å². The van der Waals surface area contributed by atoms with Crippen LogP contribution < -0.4 is 11.5 Å². The summed E-state index contributed by atoms with van der Waals surface area (Å²) in [5.41, 5.74) is 10.4. The van der Waals surface area contributed by atoms with Gasteiger partial charge in [-0.3, -0.25) is 4.79 Å². The number of nitrogens with two attached hydrogens (primary N) is 2. The standard InChI is InChI=1S/C6H14N2O2/c1-4(2)10-6(9)5(8)3-7/h4-5H,3,7-8H2,1-2H3. The Morgan fingerprint density at radius 3 is 2.40 bits per heavy atom. The molecular formula is C6H14N2O2. The zero-order valence-electron chi connectivity index (χ0n) is 6.33. The summed E-state index contributed by atoms with van der Waals surface area (Å²) in [6.07, 6.45) is -0.120. The van der Waals surface area contributed by atoms with Gasteiger partial charge in [-0.05, 0) is 13.8 Å². The van der Waals surface area contributed by atoms with E-state index in [2.05, 4.69) is 0 Å². The third-order valence-corrected chi connectivity index (χ3v) is 0.909. The predicted octanol–water partition coefficient (Wildman–Crippen LogP) is -0.776. The normalized spacial score (nSPS) is 13.3. The number of hydrogen-bond donors (Lipinski definition) is 2. The maximum absolute atomic E-state index is 10.8. The van der Waals surface area contributed by atoms with Crippen LogP contribution in [0.1, 0.15) is 13.8 Å². The second kappa shape index (κ2) is 4.24. The van der Waals surface area contributed by atoms with E-state index in [1.54, 1.807) is 13.8 Å². The van der Waals surface area contributed by atoms with Crippen molar-refractivity contribution in [1.29, 1.82) is 0 Å². The molecule has 4 heteroatoms. The van der Waals surface area contributed by atoms with Crippen molar-refractivity contribution >= 4 is 5.97 Å². The number of esters is 1. The monoisotopic (exact) mass is 146 g/mol. The first kappa shape index (κ1) is 9.39. The van der Waals surface area contributed by atoms with Crippen molar-refractivity contribution in [3.05, 3.63) is 0 Å². The average molecular weight is 146 g/mol. The number of ether oxygens (including phenoxy) is 1. The molecule has 0 aliphatic carbocycles. The predicted molar refractivity (Wildman–Crippen MR) is 38.3 cm³/mol. The molecule has 60 valence electrons. The van der Waals surface area contributed by atoms with Crippen molar-refractivity contribution in [2.45, 2.75) is 26.0 Å². The van der Waals surface area contributed by atoms with Gasteiger partial charge in [-0.2, -0.15) is 0 Å². The molecule has 0 bridgehead atoms. The van der Waals surface area contributed by atoms with E-state index >= 15 is 0 Å². The highest BCUT2D eigenvalue weighted by molar-refractivity contribution is 5.75. The van der Waals surface area contributed by atoms with Crippen LogP contribution >= 0.6 is 0 Å². The maximum atomic E-state index is 10.8. The van der Waals surface area contributed by atoms with Crippen LogP contribution in [0.4, 0.5) is 0 Å². The Kier molecular flexibility index (Phi) is 3.99. The van der Waals surface area contributed by atoms with E-state index in [4.69, 9.17) is 16.2 Å². The Bertz CT molecular complexity index is 114. The molecule has 0 aliphatic heterocycles. The Balaban J connectivity index is 3.62. The van der Waals surface area contributed by atoms with E-state index in [1.165, 1.54) is 0 Å². The van der Waals surface area contributed by atoms with Crippen molar-refractivity contribution in [2.24, 2.45) is 11.5 Å². The van der Waals surface area contributed by atoms with Gasteiger partial charge in [0, 0.05) is 6.54 Å². The van der Waals surface area contributed by atoms with Crippen LogP contribution in [0.5, 0.6) is 0 Å². The number of rotatable bonds is 3. The molecule has 0 heterocycles. The molecule has 0 aromatic rings. The topological polar surface area (TPSA) is 78.3 Å². The zero-order valence-corrected chi connectivity index (χ0v) is 6.33. The molecule has 0 amide bonds. The SMILES string of the molecule is CC(C)OC(=O)C(N)CN. The first-order valence-corrected chi connectivity index (χ1v) is 3.24. The van der Waals surface area contributed by atoms with Crippen molar-refractivity contribution < 1.29 is 9.53 Å². The molecule has 0 saturated heterocycles. The summed E-state index contributed by atoms with van der Waals surface area (Å²) in [6, 6.07) is -0.678. The second-order valence-electron chi connectivity index (χ2n) is 2.33. The molecule has 1 atom stereocenters. The quantitative estimate of drug-likeness (QED) is 0.512. The molecule has 0 aromatic heterocycles. The van der Waals surface area contributed by atoms with Crippen LogP contribution in [0.3, 0.4) is 0 Å². The molecule has 1 unspecified atom stereocenters. The van der Waals surface area contributed by atoms with Crippen LogP contribution in [0.25, 0.3) is 0 Å². The van der Waals surface area contributed by atoms with Crippen LogP contribution in [-0.4, -0.2) is 24.7 Å². The summed E-state index contributed by atoms with van der Waals surface area (Å²) in [6.45, 7) is 3.66. The second-order valence-corrected chi connectivity index (χ2v) is 2.33. The average Bonchev–Trinajstić information content (AvgIpc) is 1.85. The third kappa shape index (κ3) is 3.42. The van der Waals surface area contributed by atoms with Gasteiger partial charge < -0.3 is 16.2 Å². The highest BCUT2D eigenvalue weighted by Crippen LogP contribution is 1.90. The van der Waals surface area contributed by atoms with Crippen LogP contribution in [0.15, 0.2) is 0 Å². The first-order valence-electron chi connectivity index (χ1n) is 3.24. The fourth-order valence-corrected chi connectivity index (χ4v) is 0.416. The number of carbonyl (C=O) groups excluding carboxylic acids is 1. The number of carbonyl (C=O) groups is 1. The first-order chi connectivity index (χ1) is 4.57. The van der Waals surface area contributed by atoms with Crippen LogP contribution in [0, 0.1) is 0 Å². The van der Waals surface area contributed by atoms with Gasteiger partial charge in [0.1, 0.15) is 6.04 Å². The lowest BCUT2D eigenvalue weighted by Gasteiger charge is -2.11. The minimum atomic E-state index is -0.678. The highest BCUT2D eigenvalue weighted by Gasteiger charge is 2.13. The van der Waals surface area contributed by atoms with Crippen LogP contribution in [-0.2, 0) is 9.53 Å². The van der Waals surface area contributed by atoms with Gasteiger partial charge in [-0.15, -0.1) is 0 Å². The third-order valence-electron chi connectivity index (χ3n) is 0.909. The summed E-state index contributed by atoms with van der Waals surface area (Å²) in [5, 5.41) is 0. The van der Waals surface area contributed by atoms with E-state index in [9.17, 15) is 4.79 Å². The Morgan fingerprint density at radius 1 is 1.60 bits per heavy atom. The van der Waals surface area contributed by atoms with Gasteiger partial charge in [0.05, 0.1) is 6.10 Å². The lowest BCUT2D eigenvalue weighted by atomic mass is 10.3. The Hall–Kier alpha value is -0.610. The maximum Gasteiger partial charge on any atom is 0.324 e. The summed E-state index contributed by atoms with van der Waals surface area (Å²) in [5.74, 6) is -0.433.